The maximum absolute atomic E-state index is 12.8. The summed E-state index contributed by atoms with van der Waals surface area (Å²) >= 11 is 0.288. The van der Waals surface area contributed by atoms with E-state index in [4.69, 9.17) is 0 Å². The first-order valence-corrected chi connectivity index (χ1v) is 8.77. The van der Waals surface area contributed by atoms with Crippen molar-refractivity contribution in [3.63, 3.8) is 0 Å². The molecule has 1 aromatic heterocycles. The summed E-state index contributed by atoms with van der Waals surface area (Å²) in [5, 5.41) is 5.33. The van der Waals surface area contributed by atoms with Gasteiger partial charge in [-0.05, 0) is 37.2 Å². The number of amides is 2. The van der Waals surface area contributed by atoms with Gasteiger partial charge in [0, 0.05) is 6.54 Å². The number of thioether (sulfide) groups is 1. The number of fused-ring (bicyclic) bond motifs is 1. The predicted octanol–water partition coefficient (Wildman–Crippen LogP) is 2.38. The lowest BCUT2D eigenvalue weighted by Crippen LogP contribution is -2.46. The number of para-hydroxylation sites is 2. The highest BCUT2D eigenvalue weighted by atomic mass is 32.2. The maximum Gasteiger partial charge on any atom is 0.291 e. The van der Waals surface area contributed by atoms with Crippen LogP contribution >= 0.6 is 11.8 Å². The Morgan fingerprint density at radius 1 is 1.32 bits per heavy atom. The lowest BCUT2D eigenvalue weighted by molar-refractivity contribution is -0.128. The molecule has 1 atom stereocenters. The van der Waals surface area contributed by atoms with E-state index in [-0.39, 0.29) is 29.4 Å². The normalized spacial score (nSPS) is 12.4. The highest BCUT2D eigenvalue weighted by molar-refractivity contribution is 7.99. The third kappa shape index (κ3) is 5.15. The summed E-state index contributed by atoms with van der Waals surface area (Å²) in [5.41, 5.74) is 1.12. The van der Waals surface area contributed by atoms with Gasteiger partial charge in [0.1, 0.15) is 12.6 Å². The molecule has 2 N–H and O–H groups in total. The molecule has 2 amide bonds. The number of halogens is 2. The van der Waals surface area contributed by atoms with Gasteiger partial charge in [0.25, 0.3) is 5.76 Å². The summed E-state index contributed by atoms with van der Waals surface area (Å²) in [6.45, 7) is 3.83. The highest BCUT2D eigenvalue weighted by Crippen LogP contribution is 2.28. The topological polar surface area (TPSA) is 76.0 Å². The van der Waals surface area contributed by atoms with Crippen LogP contribution in [0.5, 0.6) is 0 Å². The minimum atomic E-state index is -2.64. The van der Waals surface area contributed by atoms with Gasteiger partial charge >= 0.3 is 0 Å². The van der Waals surface area contributed by atoms with Gasteiger partial charge in [0.2, 0.25) is 11.8 Å². The van der Waals surface area contributed by atoms with Crippen LogP contribution in [0.15, 0.2) is 29.4 Å². The molecule has 2 rings (SSSR count). The molecule has 1 aromatic carbocycles. The van der Waals surface area contributed by atoms with Crippen molar-refractivity contribution in [2.45, 2.75) is 43.8 Å². The zero-order valence-corrected chi connectivity index (χ0v) is 14.8. The van der Waals surface area contributed by atoms with E-state index in [1.807, 2.05) is 6.92 Å². The van der Waals surface area contributed by atoms with Crippen molar-refractivity contribution >= 4 is 34.6 Å². The molecule has 0 aliphatic rings. The summed E-state index contributed by atoms with van der Waals surface area (Å²) in [7, 11) is 0. The van der Waals surface area contributed by atoms with E-state index < -0.39 is 17.7 Å². The van der Waals surface area contributed by atoms with Gasteiger partial charge in [0.15, 0.2) is 5.16 Å². The summed E-state index contributed by atoms with van der Waals surface area (Å²) < 4.78 is 26.9. The molecule has 0 fully saturated rings. The number of carbonyl (C=O) groups is 2. The third-order valence-electron chi connectivity index (χ3n) is 3.44. The average Bonchev–Trinajstić information content (AvgIpc) is 2.89. The lowest BCUT2D eigenvalue weighted by Gasteiger charge is -2.15. The highest BCUT2D eigenvalue weighted by Gasteiger charge is 2.20. The van der Waals surface area contributed by atoms with Crippen molar-refractivity contribution in [2.75, 3.05) is 6.54 Å². The molecular formula is C16H20F2N4O2S. The largest absolute Gasteiger partial charge is 0.354 e. The van der Waals surface area contributed by atoms with Gasteiger partial charge in [-0.3, -0.25) is 9.59 Å². The monoisotopic (exact) mass is 370 g/mol. The van der Waals surface area contributed by atoms with Gasteiger partial charge in [0.05, 0.1) is 11.0 Å². The molecule has 0 bridgehead atoms. The van der Waals surface area contributed by atoms with Crippen LogP contribution in [0.3, 0.4) is 0 Å². The molecule has 0 saturated carbocycles. The quantitative estimate of drug-likeness (QED) is 0.700. The van der Waals surface area contributed by atoms with E-state index in [1.165, 1.54) is 4.57 Å². The van der Waals surface area contributed by atoms with Crippen LogP contribution in [-0.4, -0.2) is 39.7 Å². The van der Waals surface area contributed by atoms with Crippen LogP contribution in [-0.2, 0) is 16.1 Å². The Morgan fingerprint density at radius 2 is 2.04 bits per heavy atom. The molecule has 0 spiro atoms. The Labute approximate surface area is 148 Å². The smallest absolute Gasteiger partial charge is 0.291 e. The summed E-state index contributed by atoms with van der Waals surface area (Å²) in [6, 6.07) is 6.19. The van der Waals surface area contributed by atoms with Crippen LogP contribution in [0.1, 0.15) is 20.3 Å². The number of nitrogens with one attached hydrogen (secondary N) is 2. The third-order valence-corrected chi connectivity index (χ3v) is 4.14. The molecule has 0 saturated heterocycles. The van der Waals surface area contributed by atoms with E-state index in [0.717, 1.165) is 6.42 Å². The zero-order chi connectivity index (χ0) is 18.4. The van der Waals surface area contributed by atoms with E-state index in [9.17, 15) is 18.4 Å². The van der Waals surface area contributed by atoms with Gasteiger partial charge in [-0.15, -0.1) is 0 Å². The number of benzene rings is 1. The number of carbonyl (C=O) groups excluding carboxylic acids is 2. The molecule has 9 heteroatoms. The number of imidazole rings is 1. The Balaban J connectivity index is 2.13. The summed E-state index contributed by atoms with van der Waals surface area (Å²) in [6.07, 6.45) is 0.793. The first kappa shape index (κ1) is 19.2. The van der Waals surface area contributed by atoms with E-state index >= 15 is 0 Å². The number of alkyl halides is 2. The molecule has 2 aromatic rings. The molecule has 0 aliphatic carbocycles. The second kappa shape index (κ2) is 8.80. The molecular weight excluding hydrogens is 350 g/mol. The number of hydrogen-bond acceptors (Lipinski definition) is 4. The SMILES string of the molecule is CCCNC(=O)[C@@H](C)NC(=O)Cn1c(SC(F)F)nc2ccccc21. The Morgan fingerprint density at radius 3 is 2.72 bits per heavy atom. The first-order chi connectivity index (χ1) is 11.9. The summed E-state index contributed by atoms with van der Waals surface area (Å²) in [5.74, 6) is -3.37. The number of rotatable bonds is 8. The lowest BCUT2D eigenvalue weighted by atomic mass is 10.3. The minimum absolute atomic E-state index is 0.0643. The molecule has 6 nitrogen and oxygen atoms in total. The molecule has 0 aliphatic heterocycles. The van der Waals surface area contributed by atoms with Crippen molar-refractivity contribution in [1.29, 1.82) is 0 Å². The van der Waals surface area contributed by atoms with Crippen molar-refractivity contribution in [1.82, 2.24) is 20.2 Å². The van der Waals surface area contributed by atoms with Crippen molar-refractivity contribution in [3.05, 3.63) is 24.3 Å². The number of hydrogen-bond donors (Lipinski definition) is 2. The van der Waals surface area contributed by atoms with Gasteiger partial charge in [-0.2, -0.15) is 8.78 Å². The summed E-state index contributed by atoms with van der Waals surface area (Å²) in [4.78, 5) is 28.2. The fourth-order valence-electron chi connectivity index (χ4n) is 2.27. The van der Waals surface area contributed by atoms with Crippen LogP contribution in [0.4, 0.5) is 8.78 Å². The minimum Gasteiger partial charge on any atom is -0.354 e. The van der Waals surface area contributed by atoms with Crippen LogP contribution < -0.4 is 10.6 Å². The van der Waals surface area contributed by atoms with Crippen molar-refractivity contribution in [2.24, 2.45) is 0 Å². The molecule has 0 unspecified atom stereocenters. The molecule has 1 heterocycles. The van der Waals surface area contributed by atoms with Gasteiger partial charge in [-0.1, -0.05) is 19.1 Å². The van der Waals surface area contributed by atoms with Crippen LogP contribution in [0.2, 0.25) is 0 Å². The van der Waals surface area contributed by atoms with Gasteiger partial charge < -0.3 is 15.2 Å². The van der Waals surface area contributed by atoms with Crippen molar-refractivity contribution in [3.8, 4) is 0 Å². The van der Waals surface area contributed by atoms with Crippen molar-refractivity contribution < 1.29 is 18.4 Å². The average molecular weight is 370 g/mol. The van der Waals surface area contributed by atoms with Crippen LogP contribution in [0.25, 0.3) is 11.0 Å². The second-order valence-electron chi connectivity index (χ2n) is 5.43. The van der Waals surface area contributed by atoms with E-state index in [2.05, 4.69) is 15.6 Å². The van der Waals surface area contributed by atoms with E-state index in [1.54, 1.807) is 31.2 Å². The Bertz CT molecular complexity index is 751. The Kier molecular flexibility index (Phi) is 6.74. The Hall–Kier alpha value is -2.16. The molecule has 0 radical (unpaired) electrons. The first-order valence-electron chi connectivity index (χ1n) is 7.89. The predicted molar refractivity (Wildman–Crippen MR) is 92.5 cm³/mol. The molecule has 25 heavy (non-hydrogen) atoms. The van der Waals surface area contributed by atoms with Crippen LogP contribution in [0, 0.1) is 0 Å². The number of aromatic nitrogens is 2. The molecule has 136 valence electrons. The maximum atomic E-state index is 12.8. The standard InChI is InChI=1S/C16H20F2N4O2S/c1-3-8-19-14(24)10(2)20-13(23)9-22-12-7-5-4-6-11(12)21-16(22)25-15(17)18/h4-7,10,15H,3,8-9H2,1-2H3,(H,19,24)(H,20,23)/t10-/m1/s1. The second-order valence-corrected chi connectivity index (χ2v) is 6.39. The van der Waals surface area contributed by atoms with E-state index in [0.29, 0.717) is 17.6 Å². The number of nitrogens with zero attached hydrogens (tertiary/aromatic N) is 2. The van der Waals surface area contributed by atoms with Gasteiger partial charge in [-0.25, -0.2) is 4.98 Å². The fourth-order valence-corrected chi connectivity index (χ4v) is 2.87. The zero-order valence-electron chi connectivity index (χ0n) is 14.0. The fraction of sp³-hybridized carbons (Fsp3) is 0.438.